The second kappa shape index (κ2) is 6.53. The molecule has 5 nitrogen and oxygen atoms in total. The fourth-order valence-corrected chi connectivity index (χ4v) is 2.96. The Kier molecular flexibility index (Phi) is 4.29. The molecule has 1 aromatic carbocycles. The Balaban J connectivity index is 1.77. The molecule has 0 unspecified atom stereocenters. The molecule has 3 rings (SSSR count). The molecule has 2 heterocycles. The van der Waals surface area contributed by atoms with E-state index in [1.54, 1.807) is 31.0 Å². The number of hydrogen-bond acceptors (Lipinski definition) is 6. The number of hydrogen-bond donors (Lipinski definition) is 1. The SMILES string of the molecule is CCc1cc2c(N/N=C\c3ccc(OC)cc3)ncnc2s1. The van der Waals surface area contributed by atoms with E-state index in [1.165, 1.54) is 4.88 Å². The topological polar surface area (TPSA) is 59.4 Å². The Morgan fingerprint density at radius 3 is 2.82 bits per heavy atom. The van der Waals surface area contributed by atoms with E-state index in [1.807, 2.05) is 24.3 Å². The highest BCUT2D eigenvalue weighted by Gasteiger charge is 2.06. The first-order chi connectivity index (χ1) is 10.8. The lowest BCUT2D eigenvalue weighted by Crippen LogP contribution is -1.94. The molecular weight excluding hydrogens is 296 g/mol. The Morgan fingerprint density at radius 2 is 2.09 bits per heavy atom. The van der Waals surface area contributed by atoms with E-state index < -0.39 is 0 Å². The lowest BCUT2D eigenvalue weighted by molar-refractivity contribution is 0.415. The highest BCUT2D eigenvalue weighted by molar-refractivity contribution is 7.18. The number of aromatic nitrogens is 2. The molecule has 1 N–H and O–H groups in total. The van der Waals surface area contributed by atoms with Crippen LogP contribution in [0.25, 0.3) is 10.2 Å². The van der Waals surface area contributed by atoms with Gasteiger partial charge in [-0.1, -0.05) is 6.92 Å². The van der Waals surface area contributed by atoms with Gasteiger partial charge in [-0.25, -0.2) is 9.97 Å². The van der Waals surface area contributed by atoms with Crippen molar-refractivity contribution in [3.8, 4) is 5.75 Å². The first-order valence-corrected chi connectivity index (χ1v) is 7.78. The van der Waals surface area contributed by atoms with Crippen molar-refractivity contribution >= 4 is 33.6 Å². The first kappa shape index (κ1) is 14.5. The van der Waals surface area contributed by atoms with E-state index in [-0.39, 0.29) is 0 Å². The average Bonchev–Trinajstić information content (AvgIpc) is 2.99. The molecule has 0 atom stereocenters. The highest BCUT2D eigenvalue weighted by atomic mass is 32.1. The van der Waals surface area contributed by atoms with Gasteiger partial charge in [0.1, 0.15) is 16.9 Å². The van der Waals surface area contributed by atoms with Crippen molar-refractivity contribution in [2.45, 2.75) is 13.3 Å². The van der Waals surface area contributed by atoms with Crippen molar-refractivity contribution in [1.29, 1.82) is 0 Å². The van der Waals surface area contributed by atoms with Crippen molar-refractivity contribution in [1.82, 2.24) is 9.97 Å². The van der Waals surface area contributed by atoms with Gasteiger partial charge in [0.05, 0.1) is 18.7 Å². The smallest absolute Gasteiger partial charge is 0.158 e. The van der Waals surface area contributed by atoms with Gasteiger partial charge in [0.15, 0.2) is 5.82 Å². The number of rotatable bonds is 5. The van der Waals surface area contributed by atoms with Crippen LogP contribution in [0.5, 0.6) is 5.75 Å². The minimum absolute atomic E-state index is 0.728. The van der Waals surface area contributed by atoms with E-state index in [9.17, 15) is 0 Å². The second-order valence-electron chi connectivity index (χ2n) is 4.65. The summed E-state index contributed by atoms with van der Waals surface area (Å²) < 4.78 is 5.13. The molecule has 112 valence electrons. The molecule has 0 aliphatic carbocycles. The third-order valence-corrected chi connectivity index (χ3v) is 4.42. The van der Waals surface area contributed by atoms with Gasteiger partial charge in [-0.2, -0.15) is 5.10 Å². The van der Waals surface area contributed by atoms with E-state index >= 15 is 0 Å². The summed E-state index contributed by atoms with van der Waals surface area (Å²) in [5, 5.41) is 5.26. The zero-order chi connectivity index (χ0) is 15.4. The molecule has 0 spiro atoms. The van der Waals surface area contributed by atoms with Crippen LogP contribution in [0.4, 0.5) is 5.82 Å². The fourth-order valence-electron chi connectivity index (χ4n) is 2.03. The largest absolute Gasteiger partial charge is 0.497 e. The summed E-state index contributed by atoms with van der Waals surface area (Å²) in [4.78, 5) is 10.8. The molecule has 0 aliphatic heterocycles. The van der Waals surface area contributed by atoms with Crippen LogP contribution in [0.3, 0.4) is 0 Å². The summed E-state index contributed by atoms with van der Waals surface area (Å²) in [7, 11) is 1.65. The van der Waals surface area contributed by atoms with Crippen LogP contribution < -0.4 is 10.2 Å². The van der Waals surface area contributed by atoms with Crippen LogP contribution in [0.15, 0.2) is 41.8 Å². The summed E-state index contributed by atoms with van der Waals surface area (Å²) in [5.41, 5.74) is 3.98. The molecule has 3 aromatic rings. The predicted octanol–water partition coefficient (Wildman–Crippen LogP) is 3.71. The molecule has 0 aliphatic rings. The number of hydrazone groups is 1. The number of nitrogens with zero attached hydrogens (tertiary/aromatic N) is 3. The maximum Gasteiger partial charge on any atom is 0.158 e. The van der Waals surface area contributed by atoms with Crippen molar-refractivity contribution < 1.29 is 4.74 Å². The molecule has 2 aromatic heterocycles. The van der Waals surface area contributed by atoms with Crippen LogP contribution >= 0.6 is 11.3 Å². The number of nitrogens with one attached hydrogen (secondary N) is 1. The molecule has 0 amide bonds. The number of anilines is 1. The zero-order valence-corrected chi connectivity index (χ0v) is 13.2. The quantitative estimate of drug-likeness (QED) is 0.576. The number of thiophene rings is 1. The van der Waals surface area contributed by atoms with Crippen LogP contribution in [0.1, 0.15) is 17.4 Å². The van der Waals surface area contributed by atoms with Gasteiger partial charge in [-0.3, -0.25) is 5.43 Å². The van der Waals surface area contributed by atoms with Crippen molar-refractivity contribution in [3.63, 3.8) is 0 Å². The maximum absolute atomic E-state index is 5.13. The Labute approximate surface area is 132 Å². The second-order valence-corrected chi connectivity index (χ2v) is 5.77. The van der Waals surface area contributed by atoms with Gasteiger partial charge in [0.25, 0.3) is 0 Å². The van der Waals surface area contributed by atoms with Gasteiger partial charge in [-0.15, -0.1) is 11.3 Å². The van der Waals surface area contributed by atoms with Crippen LogP contribution in [0.2, 0.25) is 0 Å². The lowest BCUT2D eigenvalue weighted by atomic mass is 10.2. The molecule has 6 heteroatoms. The van der Waals surface area contributed by atoms with E-state index in [2.05, 4.69) is 33.5 Å². The van der Waals surface area contributed by atoms with Gasteiger partial charge in [0, 0.05) is 4.88 Å². The molecular formula is C16H16N4OS. The standard InChI is InChI=1S/C16H16N4OS/c1-3-13-8-14-15(17-10-18-16(14)22-13)20-19-9-11-4-6-12(21-2)7-5-11/h4-10H,3H2,1-2H3,(H,17,18,20)/b19-9-. The Hall–Kier alpha value is -2.47. The molecule has 0 bridgehead atoms. The van der Waals surface area contributed by atoms with Gasteiger partial charge in [0.2, 0.25) is 0 Å². The number of methoxy groups -OCH3 is 1. The third-order valence-electron chi connectivity index (χ3n) is 3.23. The number of aryl methyl sites for hydroxylation is 1. The highest BCUT2D eigenvalue weighted by Crippen LogP contribution is 2.28. The van der Waals surface area contributed by atoms with Crippen molar-refractivity contribution in [3.05, 3.63) is 47.1 Å². The Bertz CT molecular complexity index is 796. The number of ether oxygens (including phenoxy) is 1. The normalized spacial score (nSPS) is 11.2. The summed E-state index contributed by atoms with van der Waals surface area (Å²) in [6.45, 7) is 2.13. The maximum atomic E-state index is 5.13. The van der Waals surface area contributed by atoms with E-state index in [4.69, 9.17) is 4.74 Å². The minimum Gasteiger partial charge on any atom is -0.497 e. The molecule has 0 fully saturated rings. The lowest BCUT2D eigenvalue weighted by Gasteiger charge is -2.01. The molecule has 0 saturated carbocycles. The number of benzene rings is 1. The van der Waals surface area contributed by atoms with Crippen molar-refractivity contribution in [2.24, 2.45) is 5.10 Å². The van der Waals surface area contributed by atoms with Crippen LogP contribution in [-0.4, -0.2) is 23.3 Å². The summed E-state index contributed by atoms with van der Waals surface area (Å²) in [6.07, 6.45) is 4.31. The van der Waals surface area contributed by atoms with E-state index in [0.29, 0.717) is 0 Å². The van der Waals surface area contributed by atoms with E-state index in [0.717, 1.165) is 33.8 Å². The van der Waals surface area contributed by atoms with Crippen LogP contribution in [0, 0.1) is 0 Å². The zero-order valence-electron chi connectivity index (χ0n) is 12.4. The Morgan fingerprint density at radius 1 is 1.27 bits per heavy atom. The summed E-state index contributed by atoms with van der Waals surface area (Å²) in [6, 6.07) is 9.80. The average molecular weight is 312 g/mol. The van der Waals surface area contributed by atoms with Gasteiger partial charge >= 0.3 is 0 Å². The van der Waals surface area contributed by atoms with Crippen molar-refractivity contribution in [2.75, 3.05) is 12.5 Å². The fraction of sp³-hybridized carbons (Fsp3) is 0.188. The number of fused-ring (bicyclic) bond motifs is 1. The van der Waals surface area contributed by atoms with Gasteiger partial charge in [-0.05, 0) is 42.3 Å². The molecule has 22 heavy (non-hydrogen) atoms. The van der Waals surface area contributed by atoms with Crippen LogP contribution in [-0.2, 0) is 6.42 Å². The predicted molar refractivity (Wildman–Crippen MR) is 91.0 cm³/mol. The summed E-state index contributed by atoms with van der Waals surface area (Å²) >= 11 is 1.69. The monoisotopic (exact) mass is 312 g/mol. The molecule has 0 radical (unpaired) electrons. The first-order valence-electron chi connectivity index (χ1n) is 6.96. The third kappa shape index (κ3) is 3.07. The van der Waals surface area contributed by atoms with Gasteiger partial charge < -0.3 is 4.74 Å². The molecule has 0 saturated heterocycles. The minimum atomic E-state index is 0.728. The summed E-state index contributed by atoms with van der Waals surface area (Å²) in [5.74, 6) is 1.55.